The SMILES string of the molecule is CCS(=O)(=O)c1ccccc1C(=O)N(C)CCNC. The second kappa shape index (κ2) is 6.68. The highest BCUT2D eigenvalue weighted by Crippen LogP contribution is 2.18. The number of likely N-dealkylation sites (N-methyl/N-ethyl adjacent to an activating group) is 2. The molecule has 0 atom stereocenters. The Labute approximate surface area is 114 Å². The lowest BCUT2D eigenvalue weighted by atomic mass is 10.2. The Morgan fingerprint density at radius 2 is 1.95 bits per heavy atom. The molecule has 1 N–H and O–H groups in total. The molecule has 1 amide bonds. The number of nitrogens with zero attached hydrogens (tertiary/aromatic N) is 1. The van der Waals surface area contributed by atoms with Crippen LogP contribution in [0.3, 0.4) is 0 Å². The van der Waals surface area contributed by atoms with Gasteiger partial charge in [0, 0.05) is 20.1 Å². The highest BCUT2D eigenvalue weighted by Gasteiger charge is 2.22. The fraction of sp³-hybridized carbons (Fsp3) is 0.462. The molecule has 19 heavy (non-hydrogen) atoms. The van der Waals surface area contributed by atoms with Crippen LogP contribution in [0.25, 0.3) is 0 Å². The molecule has 0 aliphatic rings. The van der Waals surface area contributed by atoms with Crippen LogP contribution in [-0.2, 0) is 9.84 Å². The van der Waals surface area contributed by atoms with Gasteiger partial charge < -0.3 is 10.2 Å². The quantitative estimate of drug-likeness (QED) is 0.838. The standard InChI is InChI=1S/C13H20N2O3S/c1-4-19(17,18)12-8-6-5-7-11(12)13(16)15(3)10-9-14-2/h5-8,14H,4,9-10H2,1-3H3. The third-order valence-corrected chi connectivity index (χ3v) is 4.66. The predicted octanol–water partition coefficient (Wildman–Crippen LogP) is 0.772. The smallest absolute Gasteiger partial charge is 0.254 e. The molecule has 0 heterocycles. The van der Waals surface area contributed by atoms with Gasteiger partial charge in [-0.2, -0.15) is 0 Å². The van der Waals surface area contributed by atoms with E-state index >= 15 is 0 Å². The van der Waals surface area contributed by atoms with Crippen molar-refractivity contribution in [3.8, 4) is 0 Å². The fourth-order valence-electron chi connectivity index (χ4n) is 1.66. The first-order valence-electron chi connectivity index (χ1n) is 6.16. The highest BCUT2D eigenvalue weighted by molar-refractivity contribution is 7.91. The summed E-state index contributed by atoms with van der Waals surface area (Å²) < 4.78 is 24.0. The number of rotatable bonds is 6. The van der Waals surface area contributed by atoms with E-state index in [1.54, 1.807) is 39.2 Å². The minimum absolute atomic E-state index is 0.0163. The van der Waals surface area contributed by atoms with Gasteiger partial charge in [-0.3, -0.25) is 4.79 Å². The maximum Gasteiger partial charge on any atom is 0.254 e. The summed E-state index contributed by atoms with van der Waals surface area (Å²) in [5.74, 6) is -0.291. The maximum absolute atomic E-state index is 12.3. The van der Waals surface area contributed by atoms with E-state index in [2.05, 4.69) is 5.32 Å². The van der Waals surface area contributed by atoms with Crippen molar-refractivity contribution in [1.29, 1.82) is 0 Å². The van der Waals surface area contributed by atoms with Gasteiger partial charge in [0.05, 0.1) is 16.2 Å². The number of sulfone groups is 1. The molecule has 106 valence electrons. The molecule has 0 aliphatic heterocycles. The average molecular weight is 284 g/mol. The minimum Gasteiger partial charge on any atom is -0.340 e. The van der Waals surface area contributed by atoms with Gasteiger partial charge in [-0.1, -0.05) is 19.1 Å². The van der Waals surface area contributed by atoms with Gasteiger partial charge >= 0.3 is 0 Å². The normalized spacial score (nSPS) is 11.3. The van der Waals surface area contributed by atoms with E-state index < -0.39 is 9.84 Å². The first-order chi connectivity index (χ1) is 8.94. The van der Waals surface area contributed by atoms with Crippen molar-refractivity contribution in [3.05, 3.63) is 29.8 Å². The monoisotopic (exact) mass is 284 g/mol. The van der Waals surface area contributed by atoms with E-state index in [1.807, 2.05) is 0 Å². The molecule has 0 aliphatic carbocycles. The number of hydrogen-bond donors (Lipinski definition) is 1. The number of nitrogens with one attached hydrogen (secondary N) is 1. The second-order valence-electron chi connectivity index (χ2n) is 4.23. The fourth-order valence-corrected chi connectivity index (χ4v) is 2.74. The lowest BCUT2D eigenvalue weighted by Crippen LogP contribution is -2.33. The van der Waals surface area contributed by atoms with Gasteiger partial charge in [0.1, 0.15) is 0 Å². The molecule has 0 aromatic heterocycles. The van der Waals surface area contributed by atoms with Gasteiger partial charge in [0.25, 0.3) is 5.91 Å². The van der Waals surface area contributed by atoms with Gasteiger partial charge in [-0.05, 0) is 19.2 Å². The van der Waals surface area contributed by atoms with Crippen LogP contribution in [0.2, 0.25) is 0 Å². The molecular weight excluding hydrogens is 264 g/mol. The zero-order chi connectivity index (χ0) is 14.5. The summed E-state index contributed by atoms with van der Waals surface area (Å²) in [6.45, 7) is 2.75. The third-order valence-electron chi connectivity index (χ3n) is 2.88. The number of benzene rings is 1. The molecule has 0 bridgehead atoms. The lowest BCUT2D eigenvalue weighted by molar-refractivity contribution is 0.0793. The van der Waals surface area contributed by atoms with Crippen LogP contribution in [0, 0.1) is 0 Å². The van der Waals surface area contributed by atoms with Gasteiger partial charge in [-0.25, -0.2) is 8.42 Å². The molecule has 1 aromatic carbocycles. The summed E-state index contributed by atoms with van der Waals surface area (Å²) in [6.07, 6.45) is 0. The Balaban J connectivity index is 3.11. The second-order valence-corrected chi connectivity index (χ2v) is 6.48. The molecule has 5 nitrogen and oxygen atoms in total. The Bertz CT molecular complexity index is 541. The van der Waals surface area contributed by atoms with Crippen LogP contribution < -0.4 is 5.32 Å². The first-order valence-corrected chi connectivity index (χ1v) is 7.81. The number of hydrogen-bond acceptors (Lipinski definition) is 4. The van der Waals surface area contributed by atoms with E-state index in [-0.39, 0.29) is 22.1 Å². The van der Waals surface area contributed by atoms with Crippen molar-refractivity contribution in [1.82, 2.24) is 10.2 Å². The van der Waals surface area contributed by atoms with Crippen molar-refractivity contribution in [2.24, 2.45) is 0 Å². The zero-order valence-electron chi connectivity index (χ0n) is 11.5. The Hall–Kier alpha value is -1.40. The number of carbonyl (C=O) groups is 1. The van der Waals surface area contributed by atoms with E-state index in [1.165, 1.54) is 11.0 Å². The first kappa shape index (κ1) is 15.7. The van der Waals surface area contributed by atoms with Crippen LogP contribution in [0.1, 0.15) is 17.3 Å². The van der Waals surface area contributed by atoms with E-state index in [4.69, 9.17) is 0 Å². The molecule has 0 saturated heterocycles. The van der Waals surface area contributed by atoms with Gasteiger partial charge in [0.15, 0.2) is 9.84 Å². The molecule has 6 heteroatoms. The highest BCUT2D eigenvalue weighted by atomic mass is 32.2. The third kappa shape index (κ3) is 3.78. The summed E-state index contributed by atoms with van der Waals surface area (Å²) >= 11 is 0. The summed E-state index contributed by atoms with van der Waals surface area (Å²) in [5, 5.41) is 2.95. The van der Waals surface area contributed by atoms with Crippen molar-refractivity contribution in [3.63, 3.8) is 0 Å². The van der Waals surface area contributed by atoms with Crippen molar-refractivity contribution < 1.29 is 13.2 Å². The maximum atomic E-state index is 12.3. The molecule has 0 saturated carbocycles. The molecule has 0 spiro atoms. The van der Waals surface area contributed by atoms with Crippen LogP contribution in [0.15, 0.2) is 29.2 Å². The largest absolute Gasteiger partial charge is 0.340 e. The molecule has 0 radical (unpaired) electrons. The van der Waals surface area contributed by atoms with Gasteiger partial charge in [-0.15, -0.1) is 0 Å². The molecule has 1 rings (SSSR count). The molecule has 1 aromatic rings. The lowest BCUT2D eigenvalue weighted by Gasteiger charge is -2.18. The van der Waals surface area contributed by atoms with Crippen molar-refractivity contribution in [2.45, 2.75) is 11.8 Å². The zero-order valence-corrected chi connectivity index (χ0v) is 12.3. The summed E-state index contributed by atoms with van der Waals surface area (Å²) in [7, 11) is 0.0701. The number of amides is 1. The van der Waals surface area contributed by atoms with Gasteiger partial charge in [0.2, 0.25) is 0 Å². The van der Waals surface area contributed by atoms with Crippen molar-refractivity contribution >= 4 is 15.7 Å². The van der Waals surface area contributed by atoms with E-state index in [9.17, 15) is 13.2 Å². The topological polar surface area (TPSA) is 66.5 Å². The number of carbonyl (C=O) groups excluding carboxylic acids is 1. The minimum atomic E-state index is -3.39. The Morgan fingerprint density at radius 3 is 2.53 bits per heavy atom. The van der Waals surface area contributed by atoms with Crippen LogP contribution in [-0.4, -0.2) is 52.2 Å². The Kier molecular flexibility index (Phi) is 5.50. The molecule has 0 unspecified atom stereocenters. The van der Waals surface area contributed by atoms with Crippen molar-refractivity contribution in [2.75, 3.05) is 32.9 Å². The molecular formula is C13H20N2O3S. The predicted molar refractivity (Wildman–Crippen MR) is 75.1 cm³/mol. The van der Waals surface area contributed by atoms with Crippen LogP contribution in [0.4, 0.5) is 0 Å². The van der Waals surface area contributed by atoms with Crippen LogP contribution >= 0.6 is 0 Å². The van der Waals surface area contributed by atoms with E-state index in [0.29, 0.717) is 13.1 Å². The summed E-state index contributed by atoms with van der Waals surface area (Å²) in [4.78, 5) is 13.9. The summed E-state index contributed by atoms with van der Waals surface area (Å²) in [5.41, 5.74) is 0.239. The Morgan fingerprint density at radius 1 is 1.32 bits per heavy atom. The van der Waals surface area contributed by atoms with Crippen LogP contribution in [0.5, 0.6) is 0 Å². The van der Waals surface area contributed by atoms with E-state index in [0.717, 1.165) is 0 Å². The molecule has 0 fully saturated rings. The summed E-state index contributed by atoms with van der Waals surface area (Å²) in [6, 6.07) is 6.35. The average Bonchev–Trinajstić information content (AvgIpc) is 2.43.